The topological polar surface area (TPSA) is 105 Å². The van der Waals surface area contributed by atoms with Crippen LogP contribution < -0.4 is 4.74 Å². The Hall–Kier alpha value is -2.09. The molecule has 2 unspecified atom stereocenters. The molecule has 0 amide bonds. The van der Waals surface area contributed by atoms with E-state index >= 15 is 0 Å². The van der Waals surface area contributed by atoms with Crippen LogP contribution in [0.2, 0.25) is 0 Å². The Balaban J connectivity index is 1.84. The molecule has 4 rings (SSSR count). The number of carbonyl (C=O) groups is 1. The molecular weight excluding hydrogens is 436 g/mol. The lowest BCUT2D eigenvalue weighted by molar-refractivity contribution is -0.250. The van der Waals surface area contributed by atoms with Crippen molar-refractivity contribution in [1.29, 1.82) is 0 Å². The van der Waals surface area contributed by atoms with Gasteiger partial charge >= 0.3 is 5.97 Å². The van der Waals surface area contributed by atoms with Crippen LogP contribution in [0, 0.1) is 12.8 Å². The van der Waals surface area contributed by atoms with Crippen LogP contribution in [0.1, 0.15) is 93.9 Å². The van der Waals surface area contributed by atoms with Crippen LogP contribution in [0.4, 0.5) is 0 Å². The van der Waals surface area contributed by atoms with Crippen molar-refractivity contribution in [3.05, 3.63) is 33.9 Å². The van der Waals surface area contributed by atoms with Crippen molar-refractivity contribution >= 4 is 5.97 Å². The van der Waals surface area contributed by atoms with Crippen molar-refractivity contribution in [1.82, 2.24) is 0 Å². The van der Waals surface area contributed by atoms with Crippen LogP contribution >= 0.6 is 0 Å². The predicted molar refractivity (Wildman–Crippen MR) is 127 cm³/mol. The molecule has 0 saturated carbocycles. The number of aromatic hydroxyl groups is 1. The maximum atomic E-state index is 11.7. The predicted octanol–water partition coefficient (Wildman–Crippen LogP) is 4.16. The Bertz CT molecular complexity index is 980. The molecule has 7 heteroatoms. The van der Waals surface area contributed by atoms with E-state index < -0.39 is 30.6 Å². The van der Waals surface area contributed by atoms with Gasteiger partial charge in [0.2, 0.25) is 6.29 Å². The van der Waals surface area contributed by atoms with Gasteiger partial charge in [0.1, 0.15) is 12.2 Å². The van der Waals surface area contributed by atoms with Crippen molar-refractivity contribution in [2.24, 2.45) is 5.92 Å². The first-order valence-corrected chi connectivity index (χ1v) is 12.4. The quantitative estimate of drug-likeness (QED) is 0.444. The average Bonchev–Trinajstić information content (AvgIpc) is 2.74. The molecule has 8 atom stereocenters. The van der Waals surface area contributed by atoms with Crippen molar-refractivity contribution in [3.63, 3.8) is 0 Å². The summed E-state index contributed by atoms with van der Waals surface area (Å²) < 4.78 is 17.1. The van der Waals surface area contributed by atoms with E-state index in [0.717, 1.165) is 30.4 Å². The monoisotopic (exact) mass is 474 g/mol. The zero-order valence-corrected chi connectivity index (χ0v) is 21.0. The smallest absolute Gasteiger partial charge is 0.303 e. The van der Waals surface area contributed by atoms with Crippen LogP contribution in [0.3, 0.4) is 0 Å². The molecule has 188 valence electrons. The van der Waals surface area contributed by atoms with Gasteiger partial charge in [0.05, 0.1) is 6.61 Å². The first-order chi connectivity index (χ1) is 16.0. The normalized spacial score (nSPS) is 34.7. The maximum absolute atomic E-state index is 11.7. The third-order valence-corrected chi connectivity index (χ3v) is 7.75. The molecule has 1 aromatic carbocycles. The van der Waals surface area contributed by atoms with Crippen LogP contribution in [-0.2, 0) is 14.3 Å². The SMILES string of the molecule is CC(=O)O[C@@H]1C(Oc2c(C)c3c4c(c2O)[C@@H](C)CCC4[C@@H](C)C[C@H]3C=C(C)C)OC[C@H](O)[C@@H]1O. The van der Waals surface area contributed by atoms with Gasteiger partial charge in [-0.3, -0.25) is 4.79 Å². The molecule has 0 radical (unpaired) electrons. The third kappa shape index (κ3) is 4.34. The number of phenols is 1. The molecule has 0 spiro atoms. The third-order valence-electron chi connectivity index (χ3n) is 7.75. The fourth-order valence-corrected chi connectivity index (χ4v) is 6.24. The molecule has 7 nitrogen and oxygen atoms in total. The van der Waals surface area contributed by atoms with E-state index in [1.54, 1.807) is 0 Å². The summed E-state index contributed by atoms with van der Waals surface area (Å²) >= 11 is 0. The van der Waals surface area contributed by atoms with Gasteiger partial charge < -0.3 is 29.5 Å². The van der Waals surface area contributed by atoms with E-state index in [1.807, 2.05) is 6.92 Å². The molecule has 34 heavy (non-hydrogen) atoms. The summed E-state index contributed by atoms with van der Waals surface area (Å²) in [6.07, 6.45) is 0.495. The van der Waals surface area contributed by atoms with Crippen molar-refractivity contribution < 1.29 is 34.3 Å². The lowest BCUT2D eigenvalue weighted by atomic mass is 9.62. The van der Waals surface area contributed by atoms with Crippen LogP contribution in [0.25, 0.3) is 0 Å². The van der Waals surface area contributed by atoms with E-state index in [0.29, 0.717) is 17.6 Å². The Kier molecular flexibility index (Phi) is 7.00. The molecule has 1 fully saturated rings. The Morgan fingerprint density at radius 3 is 2.44 bits per heavy atom. The highest BCUT2D eigenvalue weighted by Crippen LogP contribution is 2.58. The van der Waals surface area contributed by atoms with Gasteiger partial charge in [-0.05, 0) is 74.5 Å². The summed E-state index contributed by atoms with van der Waals surface area (Å²) in [6, 6.07) is 0. The van der Waals surface area contributed by atoms with Crippen LogP contribution in [0.15, 0.2) is 11.6 Å². The molecule has 1 heterocycles. The minimum absolute atomic E-state index is 0.101. The van der Waals surface area contributed by atoms with Crippen LogP contribution in [-0.4, -0.2) is 52.5 Å². The Morgan fingerprint density at radius 2 is 1.79 bits per heavy atom. The number of esters is 1. The standard InChI is InChI=1S/C27H38O7/c1-12(2)9-17-10-14(4)18-8-7-13(3)20-22(18)21(17)15(5)25(24(20)31)34-27-26(33-16(6)28)23(30)19(29)11-32-27/h9,13-14,17-19,23,26-27,29-31H,7-8,10-11H2,1-6H3/t13-,14-,17+,18?,19-,23-,26-,27?/m0/s1. The van der Waals surface area contributed by atoms with Gasteiger partial charge in [0.25, 0.3) is 0 Å². The van der Waals surface area contributed by atoms with Gasteiger partial charge in [-0.2, -0.15) is 0 Å². The summed E-state index contributed by atoms with van der Waals surface area (Å²) in [5.74, 6) is 1.08. The molecule has 2 aliphatic carbocycles. The second-order valence-electron chi connectivity index (χ2n) is 10.6. The minimum Gasteiger partial charge on any atom is -0.504 e. The molecule has 1 aromatic rings. The van der Waals surface area contributed by atoms with Gasteiger partial charge in [0.15, 0.2) is 17.6 Å². The lowest BCUT2D eigenvalue weighted by Gasteiger charge is -2.44. The summed E-state index contributed by atoms with van der Waals surface area (Å²) in [4.78, 5) is 11.7. The molecule has 0 bridgehead atoms. The number of rotatable bonds is 4. The molecule has 1 saturated heterocycles. The Morgan fingerprint density at radius 1 is 1.09 bits per heavy atom. The van der Waals surface area contributed by atoms with E-state index in [1.165, 1.54) is 23.6 Å². The van der Waals surface area contributed by atoms with Crippen LogP contribution in [0.5, 0.6) is 11.5 Å². The van der Waals surface area contributed by atoms with Crippen molar-refractivity contribution in [2.75, 3.05) is 6.61 Å². The first kappa shape index (κ1) is 25.0. The average molecular weight is 475 g/mol. The number of benzene rings is 1. The van der Waals surface area contributed by atoms with Gasteiger partial charge in [-0.1, -0.05) is 25.5 Å². The van der Waals surface area contributed by atoms with E-state index in [2.05, 4.69) is 33.8 Å². The maximum Gasteiger partial charge on any atom is 0.303 e. The summed E-state index contributed by atoms with van der Waals surface area (Å²) in [5.41, 5.74) is 5.49. The number of phenolic OH excluding ortho intramolecular Hbond substituents is 1. The highest BCUT2D eigenvalue weighted by Gasteiger charge is 2.45. The largest absolute Gasteiger partial charge is 0.504 e. The summed E-state index contributed by atoms with van der Waals surface area (Å²) in [6.45, 7) is 11.7. The van der Waals surface area contributed by atoms with Gasteiger partial charge in [-0.25, -0.2) is 0 Å². The number of hydrogen-bond donors (Lipinski definition) is 3. The summed E-state index contributed by atoms with van der Waals surface area (Å²) in [7, 11) is 0. The number of aliphatic hydroxyl groups excluding tert-OH is 2. The molecule has 1 aliphatic heterocycles. The molecule has 3 N–H and O–H groups in total. The molecular formula is C27H38O7. The number of carbonyl (C=O) groups excluding carboxylic acids is 1. The highest BCUT2D eigenvalue weighted by molar-refractivity contribution is 5.66. The van der Waals surface area contributed by atoms with E-state index in [-0.39, 0.29) is 24.2 Å². The van der Waals surface area contributed by atoms with Crippen molar-refractivity contribution in [3.8, 4) is 11.5 Å². The van der Waals surface area contributed by atoms with E-state index in [9.17, 15) is 20.1 Å². The molecule has 0 aromatic heterocycles. The summed E-state index contributed by atoms with van der Waals surface area (Å²) in [5, 5.41) is 32.0. The number of ether oxygens (including phenoxy) is 3. The fourth-order valence-electron chi connectivity index (χ4n) is 6.24. The number of hydrogen-bond acceptors (Lipinski definition) is 7. The Labute approximate surface area is 201 Å². The lowest BCUT2D eigenvalue weighted by Crippen LogP contribution is -2.56. The second-order valence-corrected chi connectivity index (χ2v) is 10.6. The number of aliphatic hydroxyl groups is 2. The highest BCUT2D eigenvalue weighted by atomic mass is 16.7. The number of allylic oxidation sites excluding steroid dienone is 2. The zero-order chi connectivity index (χ0) is 24.9. The van der Waals surface area contributed by atoms with Gasteiger partial charge in [0, 0.05) is 18.4 Å². The second kappa shape index (κ2) is 9.51. The fraction of sp³-hybridized carbons (Fsp3) is 0.667. The van der Waals surface area contributed by atoms with Gasteiger partial charge in [-0.15, -0.1) is 0 Å². The molecule has 3 aliphatic rings. The minimum atomic E-state index is -1.36. The van der Waals surface area contributed by atoms with Crippen molar-refractivity contribution in [2.45, 2.75) is 103 Å². The van der Waals surface area contributed by atoms with E-state index in [4.69, 9.17) is 14.2 Å². The first-order valence-electron chi connectivity index (χ1n) is 12.4. The zero-order valence-electron chi connectivity index (χ0n) is 21.0.